The monoisotopic (exact) mass is 349 g/mol. The van der Waals surface area contributed by atoms with Crippen LogP contribution in [-0.2, 0) is 10.2 Å². The van der Waals surface area contributed by atoms with E-state index in [1.807, 2.05) is 5.38 Å². The second kappa shape index (κ2) is 7.39. The molecule has 8 heteroatoms. The summed E-state index contributed by atoms with van der Waals surface area (Å²) >= 11 is 1.39. The molecule has 2 aromatic rings. The van der Waals surface area contributed by atoms with Gasteiger partial charge >= 0.3 is 0 Å². The molecule has 0 radical (unpaired) electrons. The fourth-order valence-electron chi connectivity index (χ4n) is 1.78. The van der Waals surface area contributed by atoms with Crippen molar-refractivity contribution in [3.8, 4) is 5.75 Å². The summed E-state index contributed by atoms with van der Waals surface area (Å²) in [6.45, 7) is 6.37. The standard InChI is InChI=1S/C16H19N3O4S/c1-16(2,3)13-10-24-15(17-13)18-14(20)8-9-23-12-6-4-11(5-7-12)19(21)22/h4-7,10H,8-9H2,1-3H3,(H,17,18,20). The Bertz CT molecular complexity index is 720. The van der Waals surface area contributed by atoms with Crippen LogP contribution < -0.4 is 10.1 Å². The summed E-state index contributed by atoms with van der Waals surface area (Å²) in [6.07, 6.45) is 0.168. The highest BCUT2D eigenvalue weighted by Crippen LogP contribution is 2.26. The second-order valence-electron chi connectivity index (χ2n) is 6.19. The lowest BCUT2D eigenvalue weighted by Crippen LogP contribution is -2.16. The molecule has 24 heavy (non-hydrogen) atoms. The Kier molecular flexibility index (Phi) is 5.50. The number of rotatable bonds is 6. The zero-order valence-electron chi connectivity index (χ0n) is 13.7. The third kappa shape index (κ3) is 5.02. The summed E-state index contributed by atoms with van der Waals surface area (Å²) in [5.41, 5.74) is 0.877. The van der Waals surface area contributed by atoms with E-state index in [1.165, 1.54) is 35.6 Å². The summed E-state index contributed by atoms with van der Waals surface area (Å²) in [7, 11) is 0. The third-order valence-electron chi connectivity index (χ3n) is 3.16. The van der Waals surface area contributed by atoms with Gasteiger partial charge in [-0.05, 0) is 12.1 Å². The maximum atomic E-state index is 11.9. The minimum Gasteiger partial charge on any atom is -0.493 e. The van der Waals surface area contributed by atoms with Gasteiger partial charge in [-0.2, -0.15) is 0 Å². The predicted molar refractivity (Wildman–Crippen MR) is 92.7 cm³/mol. The van der Waals surface area contributed by atoms with E-state index in [1.54, 1.807) is 0 Å². The van der Waals surface area contributed by atoms with Crippen LogP contribution >= 0.6 is 11.3 Å². The van der Waals surface area contributed by atoms with Crippen LogP contribution in [0.2, 0.25) is 0 Å². The number of thiazole rings is 1. The van der Waals surface area contributed by atoms with Crippen molar-refractivity contribution in [1.29, 1.82) is 0 Å². The van der Waals surface area contributed by atoms with E-state index in [9.17, 15) is 14.9 Å². The Labute approximate surface area is 143 Å². The molecular weight excluding hydrogens is 330 g/mol. The number of benzene rings is 1. The number of hydrogen-bond acceptors (Lipinski definition) is 6. The molecule has 0 spiro atoms. The highest BCUT2D eigenvalue weighted by atomic mass is 32.1. The first kappa shape index (κ1) is 17.9. The van der Waals surface area contributed by atoms with Crippen LogP contribution in [0.3, 0.4) is 0 Å². The summed E-state index contributed by atoms with van der Waals surface area (Å²) in [5, 5.41) is 15.8. The number of nitro groups is 1. The summed E-state index contributed by atoms with van der Waals surface area (Å²) in [4.78, 5) is 26.4. The Morgan fingerprint density at radius 2 is 2.00 bits per heavy atom. The number of non-ortho nitro benzene ring substituents is 1. The molecule has 0 bridgehead atoms. The summed E-state index contributed by atoms with van der Waals surface area (Å²) in [5.74, 6) is 0.296. The molecule has 0 aliphatic carbocycles. The number of carbonyl (C=O) groups is 1. The van der Waals surface area contributed by atoms with E-state index in [4.69, 9.17) is 4.74 Å². The number of nitrogens with zero attached hydrogens (tertiary/aromatic N) is 2. The molecule has 1 amide bonds. The number of hydrogen-bond donors (Lipinski definition) is 1. The van der Waals surface area contributed by atoms with Gasteiger partial charge in [0, 0.05) is 22.9 Å². The van der Waals surface area contributed by atoms with Crippen LogP contribution in [0.15, 0.2) is 29.6 Å². The van der Waals surface area contributed by atoms with E-state index < -0.39 is 4.92 Å². The fourth-order valence-corrected chi connectivity index (χ4v) is 2.74. The first-order valence-electron chi connectivity index (χ1n) is 7.39. The van der Waals surface area contributed by atoms with Gasteiger partial charge in [0.15, 0.2) is 5.13 Å². The zero-order valence-corrected chi connectivity index (χ0v) is 14.6. The summed E-state index contributed by atoms with van der Waals surface area (Å²) < 4.78 is 5.41. The van der Waals surface area contributed by atoms with Gasteiger partial charge in [0.2, 0.25) is 5.91 Å². The van der Waals surface area contributed by atoms with Crippen LogP contribution in [0.1, 0.15) is 32.9 Å². The first-order valence-corrected chi connectivity index (χ1v) is 8.27. The molecule has 1 aromatic heterocycles. The van der Waals surface area contributed by atoms with Gasteiger partial charge in [-0.25, -0.2) is 4.98 Å². The Hall–Kier alpha value is -2.48. The molecule has 0 saturated heterocycles. The van der Waals surface area contributed by atoms with E-state index in [0.29, 0.717) is 10.9 Å². The van der Waals surface area contributed by atoms with Crippen LogP contribution in [0.25, 0.3) is 0 Å². The Balaban J connectivity index is 1.79. The molecule has 0 aliphatic rings. The van der Waals surface area contributed by atoms with E-state index >= 15 is 0 Å². The lowest BCUT2D eigenvalue weighted by atomic mass is 9.93. The highest BCUT2D eigenvalue weighted by Gasteiger charge is 2.18. The van der Waals surface area contributed by atoms with Crippen molar-refractivity contribution in [2.24, 2.45) is 0 Å². The quantitative estimate of drug-likeness (QED) is 0.633. The van der Waals surface area contributed by atoms with Crippen LogP contribution in [0.5, 0.6) is 5.75 Å². The molecule has 1 N–H and O–H groups in total. The SMILES string of the molecule is CC(C)(C)c1csc(NC(=O)CCOc2ccc([N+](=O)[O-])cc2)n1. The number of anilines is 1. The number of nitrogens with one attached hydrogen (secondary N) is 1. The van der Waals surface area contributed by atoms with Gasteiger partial charge in [0.05, 0.1) is 23.6 Å². The van der Waals surface area contributed by atoms with Crippen molar-refractivity contribution in [1.82, 2.24) is 4.98 Å². The van der Waals surface area contributed by atoms with Crippen molar-refractivity contribution in [3.63, 3.8) is 0 Å². The van der Waals surface area contributed by atoms with Gasteiger partial charge in [0.1, 0.15) is 5.75 Å². The normalized spacial score (nSPS) is 11.1. The number of aromatic nitrogens is 1. The number of nitro benzene ring substituents is 1. The van der Waals surface area contributed by atoms with Gasteiger partial charge in [-0.15, -0.1) is 11.3 Å². The van der Waals surface area contributed by atoms with Crippen LogP contribution in [0, 0.1) is 10.1 Å². The van der Waals surface area contributed by atoms with Crippen molar-refractivity contribution in [2.75, 3.05) is 11.9 Å². The predicted octanol–water partition coefficient (Wildman–Crippen LogP) is 3.76. The molecule has 0 fully saturated rings. The molecule has 0 saturated carbocycles. The minimum atomic E-state index is -0.475. The Morgan fingerprint density at radius 1 is 1.33 bits per heavy atom. The second-order valence-corrected chi connectivity index (χ2v) is 7.04. The number of carbonyl (C=O) groups excluding carboxylic acids is 1. The molecular formula is C16H19N3O4S. The van der Waals surface area contributed by atoms with Crippen LogP contribution in [-0.4, -0.2) is 22.4 Å². The van der Waals surface area contributed by atoms with Crippen LogP contribution in [0.4, 0.5) is 10.8 Å². The fraction of sp³-hybridized carbons (Fsp3) is 0.375. The lowest BCUT2D eigenvalue weighted by Gasteiger charge is -2.14. The smallest absolute Gasteiger partial charge is 0.269 e. The Morgan fingerprint density at radius 3 is 2.54 bits per heavy atom. The largest absolute Gasteiger partial charge is 0.493 e. The summed E-state index contributed by atoms with van der Waals surface area (Å²) in [6, 6.07) is 5.73. The number of ether oxygens (including phenoxy) is 1. The minimum absolute atomic E-state index is 0.00137. The van der Waals surface area contributed by atoms with E-state index in [2.05, 4.69) is 31.1 Å². The van der Waals surface area contributed by atoms with Crippen molar-refractivity contribution in [3.05, 3.63) is 45.5 Å². The van der Waals surface area contributed by atoms with Gasteiger partial charge in [-0.1, -0.05) is 20.8 Å². The molecule has 0 unspecified atom stereocenters. The average Bonchev–Trinajstić information content (AvgIpc) is 2.96. The van der Waals surface area contributed by atoms with Crippen molar-refractivity contribution in [2.45, 2.75) is 32.6 Å². The van der Waals surface area contributed by atoms with Crippen molar-refractivity contribution >= 4 is 28.1 Å². The maximum absolute atomic E-state index is 11.9. The molecule has 2 rings (SSSR count). The van der Waals surface area contributed by atoms with Crippen molar-refractivity contribution < 1.29 is 14.5 Å². The van der Waals surface area contributed by atoms with Gasteiger partial charge < -0.3 is 10.1 Å². The molecule has 1 heterocycles. The maximum Gasteiger partial charge on any atom is 0.269 e. The van der Waals surface area contributed by atoms with E-state index in [0.717, 1.165) is 5.69 Å². The zero-order chi connectivity index (χ0) is 17.7. The lowest BCUT2D eigenvalue weighted by molar-refractivity contribution is -0.384. The molecule has 128 valence electrons. The van der Waals surface area contributed by atoms with E-state index in [-0.39, 0.29) is 30.0 Å². The highest BCUT2D eigenvalue weighted by molar-refractivity contribution is 7.13. The first-order chi connectivity index (χ1) is 11.3. The van der Waals surface area contributed by atoms with Gasteiger partial charge in [-0.3, -0.25) is 14.9 Å². The topological polar surface area (TPSA) is 94.4 Å². The molecule has 0 aliphatic heterocycles. The third-order valence-corrected chi connectivity index (χ3v) is 3.92. The molecule has 7 nitrogen and oxygen atoms in total. The van der Waals surface area contributed by atoms with Gasteiger partial charge in [0.25, 0.3) is 5.69 Å². The molecule has 0 atom stereocenters. The average molecular weight is 349 g/mol. The number of amides is 1. The molecule has 1 aromatic carbocycles.